The van der Waals surface area contributed by atoms with Gasteiger partial charge in [-0.25, -0.2) is 0 Å². The molecule has 0 unspecified atom stereocenters. The summed E-state index contributed by atoms with van der Waals surface area (Å²) in [6.45, 7) is 4.87. The van der Waals surface area contributed by atoms with Crippen molar-refractivity contribution in [3.05, 3.63) is 54.1 Å². The molecular formula is C31H28O10. The van der Waals surface area contributed by atoms with Gasteiger partial charge in [0.15, 0.2) is 0 Å². The maximum absolute atomic E-state index is 12.4. The fraction of sp³-hybridized carbons (Fsp3) is 0.226. The molecule has 10 heteroatoms. The summed E-state index contributed by atoms with van der Waals surface area (Å²) in [5.74, 6) is -1.28. The number of carbonyl (C=O) groups is 4. The Bertz CT molecular complexity index is 1700. The quantitative estimate of drug-likeness (QED) is 0.155. The van der Waals surface area contributed by atoms with E-state index in [4.69, 9.17) is 28.4 Å². The summed E-state index contributed by atoms with van der Waals surface area (Å²) in [6.07, 6.45) is 0. The molecule has 0 saturated carbocycles. The molecule has 0 atom stereocenters. The van der Waals surface area contributed by atoms with Crippen molar-refractivity contribution in [1.29, 1.82) is 0 Å². The molecule has 0 heterocycles. The van der Waals surface area contributed by atoms with Gasteiger partial charge < -0.3 is 28.4 Å². The minimum atomic E-state index is -0.616. The lowest BCUT2D eigenvalue weighted by atomic mass is 9.89. The van der Waals surface area contributed by atoms with Crippen molar-refractivity contribution >= 4 is 45.4 Å². The van der Waals surface area contributed by atoms with Crippen LogP contribution in [0.2, 0.25) is 0 Å². The summed E-state index contributed by atoms with van der Waals surface area (Å²) in [5, 5.41) is 1.73. The highest BCUT2D eigenvalue weighted by Crippen LogP contribution is 2.52. The van der Waals surface area contributed by atoms with Gasteiger partial charge >= 0.3 is 23.9 Å². The van der Waals surface area contributed by atoms with E-state index in [9.17, 15) is 19.2 Å². The first-order chi connectivity index (χ1) is 19.5. The summed E-state index contributed by atoms with van der Waals surface area (Å²) in [6, 6.07) is 13.4. The van der Waals surface area contributed by atoms with E-state index < -0.39 is 23.9 Å². The summed E-state index contributed by atoms with van der Waals surface area (Å²) in [7, 11) is 2.88. The minimum absolute atomic E-state index is 0.0706. The van der Waals surface area contributed by atoms with E-state index in [2.05, 4.69) is 0 Å². The van der Waals surface area contributed by atoms with Crippen molar-refractivity contribution in [2.75, 3.05) is 14.2 Å². The van der Waals surface area contributed by atoms with E-state index in [1.807, 2.05) is 0 Å². The summed E-state index contributed by atoms with van der Waals surface area (Å²) < 4.78 is 33.7. The molecule has 0 saturated heterocycles. The SMILES string of the molecule is COc1cc(OC)c(-c2c(COC(C)=O)ccc3c(OC(C)=O)c4ccccc4c(OC(C)=O)c23)c(OC(C)=O)c1. The van der Waals surface area contributed by atoms with E-state index in [1.54, 1.807) is 42.5 Å². The molecule has 212 valence electrons. The Morgan fingerprint density at radius 2 is 1.20 bits per heavy atom. The van der Waals surface area contributed by atoms with Gasteiger partial charge in [-0.15, -0.1) is 0 Å². The highest BCUT2D eigenvalue weighted by Gasteiger charge is 2.28. The molecule has 0 aromatic heterocycles. The van der Waals surface area contributed by atoms with E-state index in [1.165, 1.54) is 48.0 Å². The van der Waals surface area contributed by atoms with Crippen LogP contribution < -0.4 is 23.7 Å². The molecule has 0 amide bonds. The Morgan fingerprint density at radius 3 is 1.76 bits per heavy atom. The molecule has 0 radical (unpaired) electrons. The number of hydrogen-bond acceptors (Lipinski definition) is 10. The topological polar surface area (TPSA) is 124 Å². The molecule has 0 aliphatic carbocycles. The van der Waals surface area contributed by atoms with Crippen LogP contribution in [0.3, 0.4) is 0 Å². The lowest BCUT2D eigenvalue weighted by Crippen LogP contribution is -2.09. The molecule has 4 aromatic carbocycles. The van der Waals surface area contributed by atoms with Crippen LogP contribution in [0.15, 0.2) is 48.5 Å². The van der Waals surface area contributed by atoms with Gasteiger partial charge in [-0.3, -0.25) is 19.2 Å². The molecule has 0 aliphatic rings. The van der Waals surface area contributed by atoms with Gasteiger partial charge in [-0.05, 0) is 5.56 Å². The molecule has 0 fully saturated rings. The Morgan fingerprint density at radius 1 is 0.610 bits per heavy atom. The smallest absolute Gasteiger partial charge is 0.308 e. The zero-order valence-corrected chi connectivity index (χ0v) is 23.4. The van der Waals surface area contributed by atoms with Crippen molar-refractivity contribution < 1.29 is 47.6 Å². The van der Waals surface area contributed by atoms with Gasteiger partial charge in [0.1, 0.15) is 35.4 Å². The summed E-state index contributed by atoms with van der Waals surface area (Å²) in [4.78, 5) is 48.8. The second kappa shape index (κ2) is 12.0. The number of fused-ring (bicyclic) bond motifs is 2. The fourth-order valence-corrected chi connectivity index (χ4v) is 4.64. The van der Waals surface area contributed by atoms with Crippen molar-refractivity contribution in [2.45, 2.75) is 34.3 Å². The van der Waals surface area contributed by atoms with Crippen LogP contribution >= 0.6 is 0 Å². The van der Waals surface area contributed by atoms with Crippen LogP contribution in [-0.2, 0) is 30.5 Å². The van der Waals surface area contributed by atoms with E-state index in [0.717, 1.165) is 0 Å². The molecule has 4 rings (SSSR count). The molecule has 41 heavy (non-hydrogen) atoms. The molecule has 0 spiro atoms. The Kier molecular flexibility index (Phi) is 8.42. The minimum Gasteiger partial charge on any atom is -0.496 e. The highest BCUT2D eigenvalue weighted by atomic mass is 16.5. The number of ether oxygens (including phenoxy) is 6. The zero-order valence-electron chi connectivity index (χ0n) is 23.4. The van der Waals surface area contributed by atoms with Crippen molar-refractivity contribution in [1.82, 2.24) is 0 Å². The third-order valence-corrected chi connectivity index (χ3v) is 6.10. The standard InChI is InChI=1S/C31H28O10/c1-16(32)38-15-20-11-12-24-28(27(20)29-25(37-6)13-21(36-5)14-26(29)39-17(2)33)31(41-19(4)35)23-10-8-7-9-22(23)30(24)40-18(3)34/h7-14H,15H2,1-6H3. The Balaban J connectivity index is 2.32. The van der Waals surface area contributed by atoms with Crippen LogP contribution in [0, 0.1) is 0 Å². The van der Waals surface area contributed by atoms with Gasteiger partial charge in [0.25, 0.3) is 0 Å². The van der Waals surface area contributed by atoms with Crippen LogP contribution in [0.5, 0.6) is 28.7 Å². The Labute approximate surface area is 235 Å². The molecule has 0 bridgehead atoms. The largest absolute Gasteiger partial charge is 0.496 e. The summed E-state index contributed by atoms with van der Waals surface area (Å²) >= 11 is 0. The average molecular weight is 561 g/mol. The van der Waals surface area contributed by atoms with Crippen LogP contribution in [-0.4, -0.2) is 38.1 Å². The number of benzene rings is 4. The second-order valence-corrected chi connectivity index (χ2v) is 8.99. The van der Waals surface area contributed by atoms with E-state index >= 15 is 0 Å². The maximum atomic E-state index is 12.4. The van der Waals surface area contributed by atoms with Gasteiger partial charge in [-0.2, -0.15) is 0 Å². The molecular weight excluding hydrogens is 532 g/mol. The highest BCUT2D eigenvalue weighted by molar-refractivity contribution is 6.18. The number of rotatable bonds is 8. The second-order valence-electron chi connectivity index (χ2n) is 8.99. The first-order valence-electron chi connectivity index (χ1n) is 12.5. The zero-order chi connectivity index (χ0) is 29.8. The van der Waals surface area contributed by atoms with Gasteiger partial charge in [0.2, 0.25) is 0 Å². The predicted octanol–water partition coefficient (Wildman–Crippen LogP) is 5.52. The molecule has 4 aromatic rings. The van der Waals surface area contributed by atoms with Gasteiger partial charge in [-0.1, -0.05) is 36.4 Å². The number of hydrogen-bond donors (Lipinski definition) is 0. The van der Waals surface area contributed by atoms with E-state index in [0.29, 0.717) is 38.4 Å². The lowest BCUT2D eigenvalue weighted by Gasteiger charge is -2.23. The summed E-state index contributed by atoms with van der Waals surface area (Å²) in [5.41, 5.74) is 1.10. The first kappa shape index (κ1) is 28.9. The number of methoxy groups -OCH3 is 2. The third kappa shape index (κ3) is 5.91. The monoisotopic (exact) mass is 560 g/mol. The van der Waals surface area contributed by atoms with E-state index in [-0.39, 0.29) is 35.2 Å². The van der Waals surface area contributed by atoms with Crippen molar-refractivity contribution in [3.8, 4) is 39.9 Å². The fourth-order valence-electron chi connectivity index (χ4n) is 4.64. The van der Waals surface area contributed by atoms with Crippen LogP contribution in [0.1, 0.15) is 33.3 Å². The molecule has 0 N–H and O–H groups in total. The normalized spacial score (nSPS) is 10.7. The van der Waals surface area contributed by atoms with Gasteiger partial charge in [0, 0.05) is 66.9 Å². The maximum Gasteiger partial charge on any atom is 0.308 e. The van der Waals surface area contributed by atoms with Crippen LogP contribution in [0.4, 0.5) is 0 Å². The molecule has 0 aliphatic heterocycles. The van der Waals surface area contributed by atoms with Crippen molar-refractivity contribution in [3.63, 3.8) is 0 Å². The predicted molar refractivity (Wildman–Crippen MR) is 149 cm³/mol. The Hall–Kier alpha value is -5.12. The van der Waals surface area contributed by atoms with Crippen LogP contribution in [0.25, 0.3) is 32.7 Å². The average Bonchev–Trinajstić information content (AvgIpc) is 2.92. The number of carbonyl (C=O) groups excluding carboxylic acids is 4. The van der Waals surface area contributed by atoms with Crippen molar-refractivity contribution in [2.24, 2.45) is 0 Å². The number of esters is 4. The lowest BCUT2D eigenvalue weighted by molar-refractivity contribution is -0.142. The third-order valence-electron chi connectivity index (χ3n) is 6.10. The molecule has 10 nitrogen and oxygen atoms in total. The van der Waals surface area contributed by atoms with Gasteiger partial charge in [0.05, 0.1) is 19.8 Å². The first-order valence-corrected chi connectivity index (χ1v) is 12.5.